The zero-order chi connectivity index (χ0) is 18.7. The van der Waals surface area contributed by atoms with Crippen LogP contribution in [-0.2, 0) is 28.6 Å². The number of carbonyl (C=O) groups is 3. The van der Waals surface area contributed by atoms with E-state index in [4.69, 9.17) is 14.2 Å². The zero-order valence-electron chi connectivity index (χ0n) is 13.6. The fourth-order valence-electron chi connectivity index (χ4n) is 2.48. The summed E-state index contributed by atoms with van der Waals surface area (Å²) in [4.78, 5) is 48.5. The third-order valence-electron chi connectivity index (χ3n) is 3.40. The van der Waals surface area contributed by atoms with Crippen molar-refractivity contribution in [2.75, 3.05) is 5.32 Å². The summed E-state index contributed by atoms with van der Waals surface area (Å²) in [6, 6.07) is 0. The van der Waals surface area contributed by atoms with Crippen LogP contribution in [0.4, 0.5) is 10.2 Å². The molecule has 1 aromatic heterocycles. The Morgan fingerprint density at radius 1 is 1.32 bits per heavy atom. The third-order valence-corrected chi connectivity index (χ3v) is 3.40. The topological polar surface area (TPSA) is 126 Å². The lowest BCUT2D eigenvalue weighted by molar-refractivity contribution is -0.165. The van der Waals surface area contributed by atoms with E-state index >= 15 is 0 Å². The molecule has 136 valence electrons. The Hall–Kier alpha value is -2.82. The Labute approximate surface area is 140 Å². The SMILES string of the molecule is CC(=O)O[C@@H]1[C@H](OC(C)=O)[C@@H](C)O[C@H]1n1cc(F)c(NC=O)nc1=O. The second-order valence-electron chi connectivity index (χ2n) is 5.27. The molecule has 1 saturated heterocycles. The van der Waals surface area contributed by atoms with Crippen molar-refractivity contribution >= 4 is 24.2 Å². The van der Waals surface area contributed by atoms with Gasteiger partial charge in [-0.3, -0.25) is 19.0 Å². The quantitative estimate of drug-likeness (QED) is 0.564. The van der Waals surface area contributed by atoms with Crippen LogP contribution in [0.3, 0.4) is 0 Å². The minimum Gasteiger partial charge on any atom is -0.456 e. The van der Waals surface area contributed by atoms with E-state index in [-0.39, 0.29) is 6.41 Å². The van der Waals surface area contributed by atoms with Crippen molar-refractivity contribution in [1.29, 1.82) is 0 Å². The summed E-state index contributed by atoms with van der Waals surface area (Å²) >= 11 is 0. The van der Waals surface area contributed by atoms with E-state index in [0.717, 1.165) is 24.6 Å². The van der Waals surface area contributed by atoms with Gasteiger partial charge in [-0.2, -0.15) is 4.98 Å². The molecule has 1 aliphatic rings. The Morgan fingerprint density at radius 2 is 1.92 bits per heavy atom. The first-order valence-corrected chi connectivity index (χ1v) is 7.23. The van der Waals surface area contributed by atoms with E-state index in [1.165, 1.54) is 0 Å². The maximum absolute atomic E-state index is 14.0. The van der Waals surface area contributed by atoms with Crippen molar-refractivity contribution in [3.8, 4) is 0 Å². The fourth-order valence-corrected chi connectivity index (χ4v) is 2.48. The molecule has 1 aliphatic heterocycles. The molecule has 1 aromatic rings. The minimum absolute atomic E-state index is 0.168. The second-order valence-corrected chi connectivity index (χ2v) is 5.27. The minimum atomic E-state index is -1.26. The average molecular weight is 357 g/mol. The maximum Gasteiger partial charge on any atom is 0.351 e. The van der Waals surface area contributed by atoms with Gasteiger partial charge in [0.2, 0.25) is 6.41 Å². The average Bonchev–Trinajstić information content (AvgIpc) is 2.79. The molecule has 0 spiro atoms. The fraction of sp³-hybridized carbons (Fsp3) is 0.500. The summed E-state index contributed by atoms with van der Waals surface area (Å²) in [7, 11) is 0. The predicted octanol–water partition coefficient (Wildman–Crippen LogP) is -0.269. The van der Waals surface area contributed by atoms with Crippen LogP contribution >= 0.6 is 0 Å². The van der Waals surface area contributed by atoms with Crippen molar-refractivity contribution < 1.29 is 33.0 Å². The molecule has 25 heavy (non-hydrogen) atoms. The molecule has 0 saturated carbocycles. The number of nitrogens with zero attached hydrogens (tertiary/aromatic N) is 2. The van der Waals surface area contributed by atoms with Gasteiger partial charge in [0, 0.05) is 13.8 Å². The Bertz CT molecular complexity index is 750. The summed E-state index contributed by atoms with van der Waals surface area (Å²) in [5.41, 5.74) is -0.955. The Balaban J connectivity index is 2.43. The van der Waals surface area contributed by atoms with Crippen molar-refractivity contribution in [3.63, 3.8) is 0 Å². The van der Waals surface area contributed by atoms with Crippen LogP contribution in [0.1, 0.15) is 27.0 Å². The number of hydrogen-bond donors (Lipinski definition) is 1. The van der Waals surface area contributed by atoms with E-state index in [9.17, 15) is 23.6 Å². The molecule has 1 fully saturated rings. The van der Waals surface area contributed by atoms with E-state index in [1.807, 2.05) is 5.32 Å². The number of aromatic nitrogens is 2. The van der Waals surface area contributed by atoms with Crippen LogP contribution in [0, 0.1) is 5.82 Å². The lowest BCUT2D eigenvalue weighted by Gasteiger charge is -2.23. The number of ether oxygens (including phenoxy) is 3. The summed E-state index contributed by atoms with van der Waals surface area (Å²) in [6.45, 7) is 3.84. The number of rotatable bonds is 5. The van der Waals surface area contributed by atoms with Crippen LogP contribution < -0.4 is 11.0 Å². The van der Waals surface area contributed by atoms with Crippen LogP contribution in [0.15, 0.2) is 11.0 Å². The molecule has 10 nitrogen and oxygen atoms in total. The predicted molar refractivity (Wildman–Crippen MR) is 78.8 cm³/mol. The number of carbonyl (C=O) groups excluding carboxylic acids is 3. The molecule has 2 rings (SSSR count). The lowest BCUT2D eigenvalue weighted by Crippen LogP contribution is -2.40. The first-order valence-electron chi connectivity index (χ1n) is 7.23. The molecule has 0 bridgehead atoms. The number of esters is 2. The van der Waals surface area contributed by atoms with Gasteiger partial charge in [0.15, 0.2) is 30.1 Å². The molecule has 11 heteroatoms. The number of hydrogen-bond acceptors (Lipinski definition) is 8. The standard InChI is InChI=1S/C14H16FN3O7/c1-6-10(24-7(2)20)11(25-8(3)21)13(23-6)18-4-9(15)12(16-5-19)17-14(18)22/h4-6,10-11,13H,1-3H3,(H,16,17,19,22)/t6-,10-,11-,13-/m1/s1. The van der Waals surface area contributed by atoms with Crippen molar-refractivity contribution in [3.05, 3.63) is 22.5 Å². The molecule has 0 aromatic carbocycles. The van der Waals surface area contributed by atoms with E-state index in [0.29, 0.717) is 0 Å². The van der Waals surface area contributed by atoms with Crippen LogP contribution in [0.2, 0.25) is 0 Å². The highest BCUT2D eigenvalue weighted by atomic mass is 19.1. The molecule has 4 atom stereocenters. The first-order chi connectivity index (χ1) is 11.7. The Morgan fingerprint density at radius 3 is 2.48 bits per heavy atom. The number of nitrogens with one attached hydrogen (secondary N) is 1. The van der Waals surface area contributed by atoms with E-state index in [1.54, 1.807) is 6.92 Å². The van der Waals surface area contributed by atoms with Gasteiger partial charge in [-0.1, -0.05) is 0 Å². The molecule has 0 unspecified atom stereocenters. The number of halogens is 1. The van der Waals surface area contributed by atoms with Gasteiger partial charge in [0.05, 0.1) is 12.3 Å². The molecule has 0 radical (unpaired) electrons. The van der Waals surface area contributed by atoms with E-state index in [2.05, 4.69) is 4.98 Å². The summed E-state index contributed by atoms with van der Waals surface area (Å²) in [5.74, 6) is -2.89. The summed E-state index contributed by atoms with van der Waals surface area (Å²) in [6.07, 6.45) is -3.24. The van der Waals surface area contributed by atoms with Crippen molar-refractivity contribution in [1.82, 2.24) is 9.55 Å². The molecule has 2 heterocycles. The largest absolute Gasteiger partial charge is 0.456 e. The lowest BCUT2D eigenvalue weighted by atomic mass is 10.1. The van der Waals surface area contributed by atoms with Gasteiger partial charge in [-0.15, -0.1) is 0 Å². The smallest absolute Gasteiger partial charge is 0.351 e. The molecular weight excluding hydrogens is 341 g/mol. The van der Waals surface area contributed by atoms with Crippen LogP contribution in [0.25, 0.3) is 0 Å². The van der Waals surface area contributed by atoms with Gasteiger partial charge in [0.25, 0.3) is 0 Å². The van der Waals surface area contributed by atoms with Gasteiger partial charge < -0.3 is 19.5 Å². The second kappa shape index (κ2) is 7.38. The molecular formula is C14H16FN3O7. The number of anilines is 1. The highest BCUT2D eigenvalue weighted by molar-refractivity contribution is 5.68. The molecule has 1 N–H and O–H groups in total. The molecule has 0 aliphatic carbocycles. The van der Waals surface area contributed by atoms with Crippen LogP contribution in [0.5, 0.6) is 0 Å². The maximum atomic E-state index is 14.0. The summed E-state index contributed by atoms with van der Waals surface area (Å²) in [5, 5.41) is 1.95. The normalized spacial score (nSPS) is 25.3. The summed E-state index contributed by atoms with van der Waals surface area (Å²) < 4.78 is 30.5. The van der Waals surface area contributed by atoms with Gasteiger partial charge >= 0.3 is 17.6 Å². The zero-order valence-corrected chi connectivity index (χ0v) is 13.6. The van der Waals surface area contributed by atoms with E-state index < -0.39 is 53.8 Å². The molecule has 1 amide bonds. The van der Waals surface area contributed by atoms with Gasteiger partial charge in [0.1, 0.15) is 0 Å². The Kier molecular flexibility index (Phi) is 5.47. The first kappa shape index (κ1) is 18.5. The monoisotopic (exact) mass is 357 g/mol. The highest BCUT2D eigenvalue weighted by Crippen LogP contribution is 2.33. The number of amides is 1. The highest BCUT2D eigenvalue weighted by Gasteiger charge is 2.48. The van der Waals surface area contributed by atoms with Crippen molar-refractivity contribution in [2.24, 2.45) is 0 Å². The van der Waals surface area contributed by atoms with Crippen LogP contribution in [-0.4, -0.2) is 46.2 Å². The third kappa shape index (κ3) is 3.99. The van der Waals surface area contributed by atoms with Crippen molar-refractivity contribution in [2.45, 2.75) is 45.3 Å². The van der Waals surface area contributed by atoms with Gasteiger partial charge in [-0.25, -0.2) is 9.18 Å². The van der Waals surface area contributed by atoms with Gasteiger partial charge in [-0.05, 0) is 6.92 Å².